The van der Waals surface area contributed by atoms with Gasteiger partial charge in [0.05, 0.1) is 19.8 Å². The lowest BCUT2D eigenvalue weighted by molar-refractivity contribution is 0.134. The minimum atomic E-state index is -0.326. The molecule has 2 N–H and O–H groups in total. The van der Waals surface area contributed by atoms with E-state index in [1.807, 2.05) is 36.5 Å². The molecule has 2 aromatic heterocycles. The average molecular weight is 335 g/mol. The number of hydrogen-bond donors (Lipinski definition) is 2. The monoisotopic (exact) mass is 335 g/mol. The molecule has 1 aliphatic rings. The zero-order chi connectivity index (χ0) is 17.1. The molecule has 0 saturated heterocycles. The quantitative estimate of drug-likeness (QED) is 0.768. The summed E-state index contributed by atoms with van der Waals surface area (Å²) in [4.78, 5) is 16.1. The Hall–Kier alpha value is -3.19. The van der Waals surface area contributed by atoms with Crippen LogP contribution in [-0.4, -0.2) is 20.8 Å². The fourth-order valence-electron chi connectivity index (χ4n) is 2.72. The molecule has 0 spiro atoms. The molecular formula is C18H17N5O2. The van der Waals surface area contributed by atoms with Crippen LogP contribution in [-0.2, 0) is 24.5 Å². The number of carbonyl (C=O) groups is 1. The molecule has 7 nitrogen and oxygen atoms in total. The number of aromatic nitrogens is 3. The van der Waals surface area contributed by atoms with Gasteiger partial charge in [0.1, 0.15) is 0 Å². The van der Waals surface area contributed by atoms with Gasteiger partial charge in [0.2, 0.25) is 0 Å². The summed E-state index contributed by atoms with van der Waals surface area (Å²) in [6.45, 7) is 1.85. The van der Waals surface area contributed by atoms with Gasteiger partial charge in [-0.1, -0.05) is 6.07 Å². The van der Waals surface area contributed by atoms with Crippen LogP contribution < -0.4 is 10.6 Å². The number of urea groups is 1. The van der Waals surface area contributed by atoms with Crippen LogP contribution in [0.4, 0.5) is 16.3 Å². The van der Waals surface area contributed by atoms with Crippen LogP contribution >= 0.6 is 0 Å². The molecule has 0 unspecified atom stereocenters. The van der Waals surface area contributed by atoms with Crippen LogP contribution in [0.5, 0.6) is 0 Å². The van der Waals surface area contributed by atoms with Crippen LogP contribution in [0.3, 0.4) is 0 Å². The summed E-state index contributed by atoms with van der Waals surface area (Å²) < 4.78 is 7.14. The Morgan fingerprint density at radius 2 is 1.92 bits per heavy atom. The molecule has 4 rings (SSSR count). The summed E-state index contributed by atoms with van der Waals surface area (Å²) in [5.41, 5.74) is 4.10. The minimum Gasteiger partial charge on any atom is -0.372 e. The SMILES string of the molecule is O=C(Nc1ccc2c(c1)COC2)Nc1ccn(Cc2ccncc2)n1. The molecule has 1 aliphatic heterocycles. The number of carbonyl (C=O) groups excluding carboxylic acids is 1. The Balaban J connectivity index is 1.36. The molecule has 0 radical (unpaired) electrons. The third kappa shape index (κ3) is 3.67. The van der Waals surface area contributed by atoms with Crippen LogP contribution in [0.2, 0.25) is 0 Å². The summed E-state index contributed by atoms with van der Waals surface area (Å²) in [5.74, 6) is 0.496. The lowest BCUT2D eigenvalue weighted by atomic mass is 10.1. The highest BCUT2D eigenvalue weighted by Gasteiger charge is 2.12. The lowest BCUT2D eigenvalue weighted by Gasteiger charge is -2.07. The van der Waals surface area contributed by atoms with Gasteiger partial charge in [0, 0.05) is 30.3 Å². The predicted octanol–water partition coefficient (Wildman–Crippen LogP) is 3.00. The molecule has 0 fully saturated rings. The minimum absolute atomic E-state index is 0.326. The normalized spacial score (nSPS) is 12.6. The molecule has 126 valence electrons. The van der Waals surface area contributed by atoms with E-state index in [1.165, 1.54) is 5.56 Å². The standard InChI is InChI=1S/C18H17N5O2/c24-18(20-16-2-1-14-11-25-12-15(14)9-16)21-17-5-8-23(22-17)10-13-3-6-19-7-4-13/h1-9H,10-12H2,(H2,20,21,22,24). The van der Waals surface area contributed by atoms with Crippen molar-refractivity contribution in [1.82, 2.24) is 14.8 Å². The van der Waals surface area contributed by atoms with Crippen molar-refractivity contribution < 1.29 is 9.53 Å². The highest BCUT2D eigenvalue weighted by Crippen LogP contribution is 2.23. The maximum absolute atomic E-state index is 12.1. The van der Waals surface area contributed by atoms with E-state index in [4.69, 9.17) is 4.74 Å². The van der Waals surface area contributed by atoms with E-state index in [2.05, 4.69) is 20.7 Å². The maximum Gasteiger partial charge on any atom is 0.324 e. The molecule has 3 heterocycles. The van der Waals surface area contributed by atoms with E-state index in [9.17, 15) is 4.79 Å². The zero-order valence-corrected chi connectivity index (χ0v) is 13.5. The van der Waals surface area contributed by atoms with E-state index in [0.29, 0.717) is 25.6 Å². The van der Waals surface area contributed by atoms with Crippen molar-refractivity contribution in [3.63, 3.8) is 0 Å². The Morgan fingerprint density at radius 3 is 2.80 bits per heavy atom. The molecule has 0 saturated carbocycles. The fraction of sp³-hybridized carbons (Fsp3) is 0.167. The van der Waals surface area contributed by atoms with E-state index in [1.54, 1.807) is 23.1 Å². The van der Waals surface area contributed by atoms with Crippen LogP contribution in [0.25, 0.3) is 0 Å². The Bertz CT molecular complexity index is 891. The second-order valence-corrected chi connectivity index (χ2v) is 5.81. The summed E-state index contributed by atoms with van der Waals surface area (Å²) in [7, 11) is 0. The number of ether oxygens (including phenoxy) is 1. The number of amides is 2. The number of anilines is 2. The van der Waals surface area contributed by atoms with Gasteiger partial charge in [-0.15, -0.1) is 0 Å². The van der Waals surface area contributed by atoms with Crippen molar-refractivity contribution in [3.05, 3.63) is 71.7 Å². The van der Waals surface area contributed by atoms with Crippen molar-refractivity contribution in [3.8, 4) is 0 Å². The molecule has 7 heteroatoms. The lowest BCUT2D eigenvalue weighted by Crippen LogP contribution is -2.20. The number of fused-ring (bicyclic) bond motifs is 1. The first kappa shape index (κ1) is 15.3. The summed E-state index contributed by atoms with van der Waals surface area (Å²) in [6, 6.07) is 11.1. The van der Waals surface area contributed by atoms with E-state index >= 15 is 0 Å². The van der Waals surface area contributed by atoms with Crippen LogP contribution in [0.1, 0.15) is 16.7 Å². The molecule has 0 aliphatic carbocycles. The van der Waals surface area contributed by atoms with Gasteiger partial charge in [-0.2, -0.15) is 5.10 Å². The zero-order valence-electron chi connectivity index (χ0n) is 13.5. The fourth-order valence-corrected chi connectivity index (χ4v) is 2.72. The van der Waals surface area contributed by atoms with E-state index in [-0.39, 0.29) is 6.03 Å². The van der Waals surface area contributed by atoms with E-state index < -0.39 is 0 Å². The average Bonchev–Trinajstić information content (AvgIpc) is 3.24. The van der Waals surface area contributed by atoms with Gasteiger partial charge < -0.3 is 10.1 Å². The maximum atomic E-state index is 12.1. The van der Waals surface area contributed by atoms with Gasteiger partial charge in [0.25, 0.3) is 0 Å². The number of hydrogen-bond acceptors (Lipinski definition) is 4. The Kier molecular flexibility index (Phi) is 4.14. The third-order valence-electron chi connectivity index (χ3n) is 3.96. The smallest absolute Gasteiger partial charge is 0.324 e. The van der Waals surface area contributed by atoms with Crippen molar-refractivity contribution >= 4 is 17.5 Å². The van der Waals surface area contributed by atoms with Crippen molar-refractivity contribution in [1.29, 1.82) is 0 Å². The first-order chi connectivity index (χ1) is 12.3. The topological polar surface area (TPSA) is 81.1 Å². The second kappa shape index (κ2) is 6.74. The van der Waals surface area contributed by atoms with Gasteiger partial charge in [-0.05, 0) is 41.0 Å². The number of nitrogens with zero attached hydrogens (tertiary/aromatic N) is 3. The number of rotatable bonds is 4. The summed E-state index contributed by atoms with van der Waals surface area (Å²) in [6.07, 6.45) is 5.31. The molecule has 2 amide bonds. The van der Waals surface area contributed by atoms with Crippen molar-refractivity contribution in [2.24, 2.45) is 0 Å². The summed E-state index contributed by atoms with van der Waals surface area (Å²) in [5, 5.41) is 9.90. The largest absolute Gasteiger partial charge is 0.372 e. The highest BCUT2D eigenvalue weighted by atomic mass is 16.5. The molecule has 3 aromatic rings. The van der Waals surface area contributed by atoms with E-state index in [0.717, 1.165) is 16.8 Å². The van der Waals surface area contributed by atoms with Gasteiger partial charge in [-0.3, -0.25) is 15.0 Å². The third-order valence-corrected chi connectivity index (χ3v) is 3.96. The predicted molar refractivity (Wildman–Crippen MR) is 93.1 cm³/mol. The number of pyridine rings is 1. The van der Waals surface area contributed by atoms with Crippen molar-refractivity contribution in [2.75, 3.05) is 10.6 Å². The van der Waals surface area contributed by atoms with Crippen LogP contribution in [0, 0.1) is 0 Å². The molecule has 1 aromatic carbocycles. The number of nitrogens with one attached hydrogen (secondary N) is 2. The Labute approximate surface area is 144 Å². The van der Waals surface area contributed by atoms with Crippen LogP contribution in [0.15, 0.2) is 55.0 Å². The second-order valence-electron chi connectivity index (χ2n) is 5.81. The summed E-state index contributed by atoms with van der Waals surface area (Å²) >= 11 is 0. The van der Waals surface area contributed by atoms with Gasteiger partial charge in [-0.25, -0.2) is 4.79 Å². The molecule has 25 heavy (non-hydrogen) atoms. The van der Waals surface area contributed by atoms with Gasteiger partial charge >= 0.3 is 6.03 Å². The van der Waals surface area contributed by atoms with Gasteiger partial charge in [0.15, 0.2) is 5.82 Å². The van der Waals surface area contributed by atoms with Crippen molar-refractivity contribution in [2.45, 2.75) is 19.8 Å². The molecule has 0 bridgehead atoms. The molecule has 0 atom stereocenters. The Morgan fingerprint density at radius 1 is 1.08 bits per heavy atom. The first-order valence-corrected chi connectivity index (χ1v) is 7.96. The number of benzene rings is 1. The first-order valence-electron chi connectivity index (χ1n) is 7.96. The highest BCUT2D eigenvalue weighted by molar-refractivity contribution is 5.99. The molecular weight excluding hydrogens is 318 g/mol.